The molecule has 0 aliphatic rings. The summed E-state index contributed by atoms with van der Waals surface area (Å²) in [4.78, 5) is 25.0. The van der Waals surface area contributed by atoms with Crippen molar-refractivity contribution >= 4 is 12.0 Å². The number of carbonyl (C=O) groups excluding carboxylic acids is 1. The molecule has 0 spiro atoms. The molecule has 2 amide bonds. The van der Waals surface area contributed by atoms with Gasteiger partial charge in [0.25, 0.3) is 0 Å². The van der Waals surface area contributed by atoms with E-state index >= 15 is 0 Å². The average molecular weight is 258 g/mol. The van der Waals surface area contributed by atoms with Crippen LogP contribution in [-0.4, -0.2) is 40.6 Å². The zero-order valence-electron chi connectivity index (χ0n) is 12.0. The Morgan fingerprint density at radius 1 is 1.11 bits per heavy atom. The van der Waals surface area contributed by atoms with Gasteiger partial charge in [-0.15, -0.1) is 0 Å². The highest BCUT2D eigenvalue weighted by molar-refractivity contribution is 5.85. The number of hydrogen-bond donors (Lipinski definition) is 2. The average Bonchev–Trinajstić information content (AvgIpc) is 2.28. The molecule has 0 radical (unpaired) electrons. The van der Waals surface area contributed by atoms with Crippen LogP contribution in [0.25, 0.3) is 0 Å². The maximum absolute atomic E-state index is 12.1. The monoisotopic (exact) mass is 258 g/mol. The second kappa shape index (κ2) is 7.95. The molecule has 106 valence electrons. The lowest BCUT2D eigenvalue weighted by atomic mass is 9.96. The first kappa shape index (κ1) is 16.7. The number of carboxylic acid groups (broad SMARTS) is 1. The fraction of sp³-hybridized carbons (Fsp3) is 0.846. The summed E-state index contributed by atoms with van der Waals surface area (Å²) < 4.78 is 0. The Balaban J connectivity index is 4.70. The van der Waals surface area contributed by atoms with Gasteiger partial charge in [0.1, 0.15) is 5.54 Å². The topological polar surface area (TPSA) is 69.6 Å². The van der Waals surface area contributed by atoms with E-state index in [1.54, 1.807) is 11.8 Å². The highest BCUT2D eigenvalue weighted by Crippen LogP contribution is 2.13. The maximum atomic E-state index is 12.1. The third-order valence-corrected chi connectivity index (χ3v) is 2.88. The number of amides is 2. The molecular formula is C13H26N2O3. The predicted octanol–water partition coefficient (Wildman–Crippen LogP) is 2.46. The van der Waals surface area contributed by atoms with Gasteiger partial charge < -0.3 is 15.3 Å². The fourth-order valence-electron chi connectivity index (χ4n) is 1.89. The molecule has 0 aromatic rings. The highest BCUT2D eigenvalue weighted by atomic mass is 16.4. The van der Waals surface area contributed by atoms with Crippen LogP contribution < -0.4 is 5.32 Å². The number of carboxylic acids is 1. The largest absolute Gasteiger partial charge is 0.480 e. The van der Waals surface area contributed by atoms with E-state index in [-0.39, 0.29) is 6.03 Å². The standard InChI is InChI=1S/C13H26N2O3/c1-5-8-13(4,11(16)17)14-12(18)15(9-6-2)10-7-3/h5-10H2,1-4H3,(H,14,18)(H,16,17). The molecule has 18 heavy (non-hydrogen) atoms. The van der Waals surface area contributed by atoms with E-state index < -0.39 is 11.5 Å². The quantitative estimate of drug-likeness (QED) is 0.702. The summed E-state index contributed by atoms with van der Waals surface area (Å²) in [5.41, 5.74) is -1.18. The Kier molecular flexibility index (Phi) is 7.39. The van der Waals surface area contributed by atoms with Crippen molar-refractivity contribution in [3.8, 4) is 0 Å². The molecule has 0 aliphatic heterocycles. The van der Waals surface area contributed by atoms with Crippen molar-refractivity contribution in [2.75, 3.05) is 13.1 Å². The molecule has 0 bridgehead atoms. The number of nitrogens with zero attached hydrogens (tertiary/aromatic N) is 1. The first-order valence-corrected chi connectivity index (χ1v) is 6.71. The maximum Gasteiger partial charge on any atom is 0.329 e. The molecule has 0 rings (SSSR count). The molecule has 0 saturated heterocycles. The van der Waals surface area contributed by atoms with Crippen molar-refractivity contribution in [1.29, 1.82) is 0 Å². The first-order valence-electron chi connectivity index (χ1n) is 6.71. The van der Waals surface area contributed by atoms with Crippen LogP contribution in [0, 0.1) is 0 Å². The second-order valence-corrected chi connectivity index (χ2v) is 4.80. The number of carbonyl (C=O) groups is 2. The van der Waals surface area contributed by atoms with Crippen molar-refractivity contribution in [2.45, 2.75) is 58.9 Å². The summed E-state index contributed by atoms with van der Waals surface area (Å²) in [6, 6.07) is -0.281. The van der Waals surface area contributed by atoms with Crippen LogP contribution in [0.2, 0.25) is 0 Å². The predicted molar refractivity (Wildman–Crippen MR) is 71.6 cm³/mol. The lowest BCUT2D eigenvalue weighted by Gasteiger charge is -2.30. The lowest BCUT2D eigenvalue weighted by molar-refractivity contribution is -0.144. The second-order valence-electron chi connectivity index (χ2n) is 4.80. The molecule has 0 aromatic carbocycles. The van der Waals surface area contributed by atoms with E-state index in [0.29, 0.717) is 25.9 Å². The molecular weight excluding hydrogens is 232 g/mol. The van der Waals surface area contributed by atoms with Crippen molar-refractivity contribution in [2.24, 2.45) is 0 Å². The zero-order valence-corrected chi connectivity index (χ0v) is 12.0. The molecule has 0 fully saturated rings. The third-order valence-electron chi connectivity index (χ3n) is 2.88. The van der Waals surface area contributed by atoms with Gasteiger partial charge in [-0.25, -0.2) is 9.59 Å². The Bertz CT molecular complexity index is 275. The first-order chi connectivity index (χ1) is 8.41. The smallest absolute Gasteiger partial charge is 0.329 e. The molecule has 0 aliphatic carbocycles. The summed E-state index contributed by atoms with van der Waals surface area (Å²) in [6.45, 7) is 8.77. The van der Waals surface area contributed by atoms with Gasteiger partial charge in [0.05, 0.1) is 0 Å². The van der Waals surface area contributed by atoms with Crippen molar-refractivity contribution in [1.82, 2.24) is 10.2 Å². The zero-order chi connectivity index (χ0) is 14.2. The van der Waals surface area contributed by atoms with E-state index in [2.05, 4.69) is 5.32 Å². The third kappa shape index (κ3) is 4.94. The molecule has 1 unspecified atom stereocenters. The highest BCUT2D eigenvalue weighted by Gasteiger charge is 2.34. The van der Waals surface area contributed by atoms with E-state index in [1.165, 1.54) is 0 Å². The minimum Gasteiger partial charge on any atom is -0.480 e. The normalized spacial score (nSPS) is 13.8. The van der Waals surface area contributed by atoms with Crippen molar-refractivity contribution in [3.63, 3.8) is 0 Å². The fourth-order valence-corrected chi connectivity index (χ4v) is 1.89. The van der Waals surface area contributed by atoms with Crippen LogP contribution in [0.4, 0.5) is 4.79 Å². The molecule has 0 heterocycles. The Hall–Kier alpha value is -1.26. The summed E-state index contributed by atoms with van der Waals surface area (Å²) >= 11 is 0. The number of aliphatic carboxylic acids is 1. The van der Waals surface area contributed by atoms with E-state index in [1.807, 2.05) is 20.8 Å². The minimum absolute atomic E-state index is 0.281. The lowest BCUT2D eigenvalue weighted by Crippen LogP contribution is -2.56. The summed E-state index contributed by atoms with van der Waals surface area (Å²) in [5, 5.41) is 11.9. The van der Waals surface area contributed by atoms with Crippen LogP contribution >= 0.6 is 0 Å². The van der Waals surface area contributed by atoms with Crippen LogP contribution in [0.1, 0.15) is 53.4 Å². The minimum atomic E-state index is -1.18. The van der Waals surface area contributed by atoms with Gasteiger partial charge in [0.2, 0.25) is 0 Å². The number of urea groups is 1. The molecule has 0 aromatic heterocycles. The van der Waals surface area contributed by atoms with Gasteiger partial charge in [0, 0.05) is 13.1 Å². The van der Waals surface area contributed by atoms with Gasteiger partial charge in [-0.05, 0) is 26.2 Å². The molecule has 5 heteroatoms. The molecule has 0 saturated carbocycles. The van der Waals surface area contributed by atoms with Crippen molar-refractivity contribution in [3.05, 3.63) is 0 Å². The molecule has 1 atom stereocenters. The summed E-state index contributed by atoms with van der Waals surface area (Å²) in [7, 11) is 0. The van der Waals surface area contributed by atoms with Crippen LogP contribution in [0.15, 0.2) is 0 Å². The molecule has 5 nitrogen and oxygen atoms in total. The summed E-state index contributed by atoms with van der Waals surface area (Å²) in [5.74, 6) is -0.981. The Morgan fingerprint density at radius 2 is 1.61 bits per heavy atom. The van der Waals surface area contributed by atoms with Gasteiger partial charge >= 0.3 is 12.0 Å². The Morgan fingerprint density at radius 3 is 1.94 bits per heavy atom. The van der Waals surface area contributed by atoms with Crippen LogP contribution in [-0.2, 0) is 4.79 Å². The van der Waals surface area contributed by atoms with Gasteiger partial charge in [-0.1, -0.05) is 27.2 Å². The van der Waals surface area contributed by atoms with Gasteiger partial charge in [-0.2, -0.15) is 0 Å². The van der Waals surface area contributed by atoms with Crippen molar-refractivity contribution < 1.29 is 14.7 Å². The number of rotatable bonds is 8. The molecule has 2 N–H and O–H groups in total. The van der Waals surface area contributed by atoms with E-state index in [4.69, 9.17) is 0 Å². The SMILES string of the molecule is CCCN(CCC)C(=O)NC(C)(CCC)C(=O)O. The Labute approximate surface area is 110 Å². The van der Waals surface area contributed by atoms with E-state index in [9.17, 15) is 14.7 Å². The van der Waals surface area contributed by atoms with Gasteiger partial charge in [-0.3, -0.25) is 0 Å². The van der Waals surface area contributed by atoms with Gasteiger partial charge in [0.15, 0.2) is 0 Å². The summed E-state index contributed by atoms with van der Waals surface area (Å²) in [6.07, 6.45) is 2.88. The van der Waals surface area contributed by atoms with Crippen LogP contribution in [0.5, 0.6) is 0 Å². The van der Waals surface area contributed by atoms with E-state index in [0.717, 1.165) is 12.8 Å². The van der Waals surface area contributed by atoms with Crippen LogP contribution in [0.3, 0.4) is 0 Å². The number of hydrogen-bond acceptors (Lipinski definition) is 2. The number of nitrogens with one attached hydrogen (secondary N) is 1.